The molecule has 3 aromatic rings. The van der Waals surface area contributed by atoms with Gasteiger partial charge >= 0.3 is 0 Å². The number of hydrogen-bond donors (Lipinski definition) is 2. The lowest BCUT2D eigenvalue weighted by molar-refractivity contribution is -0.115. The van der Waals surface area contributed by atoms with Crippen molar-refractivity contribution in [2.24, 2.45) is 0 Å². The largest absolute Gasteiger partial charge is 0.495 e. The first-order valence-electron chi connectivity index (χ1n) is 8.43. The molecule has 0 aliphatic heterocycles. The van der Waals surface area contributed by atoms with Gasteiger partial charge in [0.2, 0.25) is 5.91 Å². The van der Waals surface area contributed by atoms with E-state index >= 15 is 0 Å². The summed E-state index contributed by atoms with van der Waals surface area (Å²) in [5.74, 6) is 0.940. The second kappa shape index (κ2) is 7.39. The van der Waals surface area contributed by atoms with Crippen molar-refractivity contribution in [3.8, 4) is 5.75 Å². The van der Waals surface area contributed by atoms with Gasteiger partial charge in [-0.1, -0.05) is 32.0 Å². The molecule has 0 saturated carbocycles. The van der Waals surface area contributed by atoms with Gasteiger partial charge in [0.25, 0.3) is 5.56 Å². The molecule has 2 aromatic carbocycles. The van der Waals surface area contributed by atoms with Gasteiger partial charge in [-0.05, 0) is 35.7 Å². The van der Waals surface area contributed by atoms with E-state index in [0.717, 1.165) is 5.56 Å². The first kappa shape index (κ1) is 17.7. The van der Waals surface area contributed by atoms with Crippen LogP contribution in [-0.2, 0) is 11.2 Å². The summed E-state index contributed by atoms with van der Waals surface area (Å²) in [5.41, 5.74) is 1.99. The second-order valence-electron chi connectivity index (χ2n) is 6.37. The Balaban J connectivity index is 1.83. The number of amides is 1. The molecule has 1 heterocycles. The molecule has 0 radical (unpaired) electrons. The molecule has 1 amide bonds. The van der Waals surface area contributed by atoms with Gasteiger partial charge in [-0.3, -0.25) is 9.59 Å². The van der Waals surface area contributed by atoms with Crippen molar-refractivity contribution in [3.63, 3.8) is 0 Å². The number of methoxy groups -OCH3 is 1. The lowest BCUT2D eigenvalue weighted by atomic mass is 10.0. The van der Waals surface area contributed by atoms with Crippen LogP contribution in [-0.4, -0.2) is 23.0 Å². The molecule has 0 saturated heterocycles. The summed E-state index contributed by atoms with van der Waals surface area (Å²) in [5, 5.41) is 3.31. The average molecular weight is 351 g/mol. The van der Waals surface area contributed by atoms with Crippen molar-refractivity contribution in [2.75, 3.05) is 12.4 Å². The number of carbonyl (C=O) groups is 1. The minimum Gasteiger partial charge on any atom is -0.495 e. The first-order chi connectivity index (χ1) is 12.5. The Labute approximate surface area is 151 Å². The number of aromatic amines is 1. The van der Waals surface area contributed by atoms with Gasteiger partial charge in [-0.2, -0.15) is 0 Å². The fraction of sp³-hybridized carbons (Fsp3) is 0.250. The summed E-state index contributed by atoms with van der Waals surface area (Å²) in [6, 6.07) is 12.8. The van der Waals surface area contributed by atoms with Crippen LogP contribution < -0.4 is 15.6 Å². The number of H-pyrrole nitrogens is 1. The summed E-state index contributed by atoms with van der Waals surface area (Å²) in [7, 11) is 1.54. The van der Waals surface area contributed by atoms with E-state index in [1.165, 1.54) is 0 Å². The van der Waals surface area contributed by atoms with E-state index in [9.17, 15) is 9.59 Å². The molecule has 134 valence electrons. The van der Waals surface area contributed by atoms with Crippen LogP contribution >= 0.6 is 0 Å². The molecule has 0 spiro atoms. The van der Waals surface area contributed by atoms with E-state index in [2.05, 4.69) is 29.1 Å². The molecule has 26 heavy (non-hydrogen) atoms. The maximum atomic E-state index is 12.4. The first-order valence-corrected chi connectivity index (χ1v) is 8.43. The molecule has 3 rings (SSSR count). The predicted molar refractivity (Wildman–Crippen MR) is 102 cm³/mol. The summed E-state index contributed by atoms with van der Waals surface area (Å²) in [6.45, 7) is 4.14. The zero-order chi connectivity index (χ0) is 18.7. The molecular weight excluding hydrogens is 330 g/mol. The highest BCUT2D eigenvalue weighted by Crippen LogP contribution is 2.23. The van der Waals surface area contributed by atoms with Crippen LogP contribution in [0.15, 0.2) is 47.3 Å². The van der Waals surface area contributed by atoms with Crippen LogP contribution in [0.2, 0.25) is 0 Å². The van der Waals surface area contributed by atoms with Gasteiger partial charge in [0.15, 0.2) is 0 Å². The molecular formula is C20H21N3O3. The number of anilines is 1. The molecule has 0 aliphatic rings. The van der Waals surface area contributed by atoms with Gasteiger partial charge in [0.1, 0.15) is 11.6 Å². The molecule has 0 atom stereocenters. The fourth-order valence-electron chi connectivity index (χ4n) is 2.74. The van der Waals surface area contributed by atoms with Crippen LogP contribution in [0.5, 0.6) is 5.75 Å². The average Bonchev–Trinajstić information content (AvgIpc) is 2.61. The van der Waals surface area contributed by atoms with Crippen LogP contribution in [0, 0.1) is 0 Å². The zero-order valence-electron chi connectivity index (χ0n) is 15.0. The summed E-state index contributed by atoms with van der Waals surface area (Å²) in [6.07, 6.45) is -0.0326. The van der Waals surface area contributed by atoms with Crippen molar-refractivity contribution >= 4 is 22.5 Å². The molecule has 2 N–H and O–H groups in total. The lowest BCUT2D eigenvalue weighted by Gasteiger charge is -2.10. The second-order valence-corrected chi connectivity index (χ2v) is 6.37. The SMILES string of the molecule is COc1ccccc1NC(=O)Cc1nc2ccc(C(C)C)cc2c(=O)[nH]1. The molecule has 0 aliphatic carbocycles. The normalized spacial score (nSPS) is 10.9. The highest BCUT2D eigenvalue weighted by atomic mass is 16.5. The highest BCUT2D eigenvalue weighted by molar-refractivity contribution is 5.93. The van der Waals surface area contributed by atoms with Crippen LogP contribution in [0.3, 0.4) is 0 Å². The Morgan fingerprint density at radius 2 is 2.00 bits per heavy atom. The van der Waals surface area contributed by atoms with Gasteiger partial charge in [-0.15, -0.1) is 0 Å². The number of benzene rings is 2. The number of para-hydroxylation sites is 2. The number of rotatable bonds is 5. The smallest absolute Gasteiger partial charge is 0.258 e. The van der Waals surface area contributed by atoms with Gasteiger partial charge in [-0.25, -0.2) is 4.98 Å². The number of carbonyl (C=O) groups excluding carboxylic acids is 1. The van der Waals surface area contributed by atoms with E-state index in [4.69, 9.17) is 4.74 Å². The van der Waals surface area contributed by atoms with Gasteiger partial charge < -0.3 is 15.0 Å². The summed E-state index contributed by atoms with van der Waals surface area (Å²) in [4.78, 5) is 31.8. The van der Waals surface area contributed by atoms with Crippen molar-refractivity contribution < 1.29 is 9.53 Å². The maximum Gasteiger partial charge on any atom is 0.258 e. The molecule has 0 unspecified atom stereocenters. The van der Waals surface area contributed by atoms with Crippen molar-refractivity contribution in [3.05, 3.63) is 64.2 Å². The molecule has 6 heteroatoms. The Kier molecular flexibility index (Phi) is 5.02. The predicted octanol–water partition coefficient (Wildman–Crippen LogP) is 3.24. The minimum absolute atomic E-state index is 0.0326. The summed E-state index contributed by atoms with van der Waals surface area (Å²) < 4.78 is 5.22. The Bertz CT molecular complexity index is 1010. The van der Waals surface area contributed by atoms with Gasteiger partial charge in [0.05, 0.1) is 30.1 Å². The van der Waals surface area contributed by atoms with Crippen LogP contribution in [0.1, 0.15) is 31.2 Å². The molecule has 0 bridgehead atoms. The lowest BCUT2D eigenvalue weighted by Crippen LogP contribution is -2.20. The molecule has 1 aromatic heterocycles. The number of nitrogens with zero attached hydrogens (tertiary/aromatic N) is 1. The fourth-order valence-corrected chi connectivity index (χ4v) is 2.74. The van der Waals surface area contributed by atoms with E-state index in [0.29, 0.717) is 34.1 Å². The quantitative estimate of drug-likeness (QED) is 0.739. The third-order valence-electron chi connectivity index (χ3n) is 4.15. The number of hydrogen-bond acceptors (Lipinski definition) is 4. The Morgan fingerprint density at radius 1 is 1.23 bits per heavy atom. The van der Waals surface area contributed by atoms with Crippen molar-refractivity contribution in [2.45, 2.75) is 26.2 Å². The third kappa shape index (κ3) is 3.74. The minimum atomic E-state index is -0.282. The molecule has 0 fully saturated rings. The Morgan fingerprint density at radius 3 is 2.73 bits per heavy atom. The number of fused-ring (bicyclic) bond motifs is 1. The van der Waals surface area contributed by atoms with E-state index in [1.54, 1.807) is 25.3 Å². The van der Waals surface area contributed by atoms with Crippen LogP contribution in [0.4, 0.5) is 5.69 Å². The third-order valence-corrected chi connectivity index (χ3v) is 4.15. The van der Waals surface area contributed by atoms with Gasteiger partial charge in [0, 0.05) is 0 Å². The molecule has 6 nitrogen and oxygen atoms in total. The van der Waals surface area contributed by atoms with Crippen LogP contribution in [0.25, 0.3) is 10.9 Å². The zero-order valence-corrected chi connectivity index (χ0v) is 15.0. The van der Waals surface area contributed by atoms with Crippen molar-refractivity contribution in [1.29, 1.82) is 0 Å². The van der Waals surface area contributed by atoms with E-state index in [1.807, 2.05) is 24.3 Å². The highest BCUT2D eigenvalue weighted by Gasteiger charge is 2.12. The maximum absolute atomic E-state index is 12.4. The van der Waals surface area contributed by atoms with Crippen molar-refractivity contribution in [1.82, 2.24) is 9.97 Å². The van der Waals surface area contributed by atoms with E-state index < -0.39 is 0 Å². The Hall–Kier alpha value is -3.15. The monoisotopic (exact) mass is 351 g/mol. The number of aromatic nitrogens is 2. The standard InChI is InChI=1S/C20H21N3O3/c1-12(2)13-8-9-15-14(10-13)20(25)23-18(21-15)11-19(24)22-16-6-4-5-7-17(16)26-3/h4-10,12H,11H2,1-3H3,(H,22,24)(H,21,23,25). The summed E-state index contributed by atoms with van der Waals surface area (Å²) >= 11 is 0. The van der Waals surface area contributed by atoms with E-state index in [-0.39, 0.29) is 17.9 Å². The topological polar surface area (TPSA) is 84.1 Å². The number of nitrogens with one attached hydrogen (secondary N) is 2. The number of ether oxygens (including phenoxy) is 1.